The zero-order valence-electron chi connectivity index (χ0n) is 9.69. The van der Waals surface area contributed by atoms with Gasteiger partial charge >= 0.3 is 0 Å². The lowest BCUT2D eigenvalue weighted by Crippen LogP contribution is -2.23. The Morgan fingerprint density at radius 3 is 2.75 bits per heavy atom. The molecule has 0 aliphatic carbocycles. The Morgan fingerprint density at radius 2 is 2.19 bits per heavy atom. The molecule has 0 aliphatic heterocycles. The SMILES string of the molecule is COc1cc(N)ccc1SCC(=O)N(C)C. The van der Waals surface area contributed by atoms with Crippen molar-refractivity contribution in [2.75, 3.05) is 32.7 Å². The zero-order chi connectivity index (χ0) is 12.1. The molecule has 0 aliphatic rings. The van der Waals surface area contributed by atoms with Gasteiger partial charge in [0.15, 0.2) is 0 Å². The zero-order valence-corrected chi connectivity index (χ0v) is 10.5. The smallest absolute Gasteiger partial charge is 0.232 e. The van der Waals surface area contributed by atoms with Gasteiger partial charge in [0.05, 0.1) is 12.9 Å². The van der Waals surface area contributed by atoms with Gasteiger partial charge in [0.25, 0.3) is 0 Å². The molecule has 0 saturated heterocycles. The molecule has 0 fully saturated rings. The van der Waals surface area contributed by atoms with E-state index >= 15 is 0 Å². The third-order valence-corrected chi connectivity index (χ3v) is 3.08. The monoisotopic (exact) mass is 240 g/mol. The standard InChI is InChI=1S/C11H16N2O2S/c1-13(2)11(14)7-16-10-5-4-8(12)6-9(10)15-3/h4-6H,7,12H2,1-3H3. The quantitative estimate of drug-likeness (QED) is 0.639. The lowest BCUT2D eigenvalue weighted by molar-refractivity contribution is -0.125. The second kappa shape index (κ2) is 5.65. The van der Waals surface area contributed by atoms with Crippen molar-refractivity contribution in [3.8, 4) is 5.75 Å². The number of nitrogens with two attached hydrogens (primary N) is 1. The van der Waals surface area contributed by atoms with Crippen LogP contribution in [0.1, 0.15) is 0 Å². The molecule has 1 amide bonds. The van der Waals surface area contributed by atoms with Crippen molar-refractivity contribution in [1.82, 2.24) is 4.90 Å². The summed E-state index contributed by atoms with van der Waals surface area (Å²) in [7, 11) is 5.07. The number of thioether (sulfide) groups is 1. The average Bonchev–Trinajstić information content (AvgIpc) is 2.26. The van der Waals surface area contributed by atoms with Crippen molar-refractivity contribution in [3.05, 3.63) is 18.2 Å². The Hall–Kier alpha value is -1.36. The van der Waals surface area contributed by atoms with Crippen LogP contribution in [0.3, 0.4) is 0 Å². The number of nitrogen functional groups attached to an aromatic ring is 1. The van der Waals surface area contributed by atoms with Crippen LogP contribution >= 0.6 is 11.8 Å². The molecule has 0 bridgehead atoms. The fourth-order valence-corrected chi connectivity index (χ4v) is 2.06. The number of ether oxygens (including phenoxy) is 1. The fourth-order valence-electron chi connectivity index (χ4n) is 1.07. The first-order chi connectivity index (χ1) is 7.54. The number of hydrogen-bond acceptors (Lipinski definition) is 4. The van der Waals surface area contributed by atoms with Crippen molar-refractivity contribution >= 4 is 23.4 Å². The first-order valence-electron chi connectivity index (χ1n) is 4.81. The Labute approximate surface area is 99.8 Å². The summed E-state index contributed by atoms with van der Waals surface area (Å²) in [5.74, 6) is 1.17. The summed E-state index contributed by atoms with van der Waals surface area (Å²) in [5.41, 5.74) is 6.30. The highest BCUT2D eigenvalue weighted by molar-refractivity contribution is 8.00. The number of carbonyl (C=O) groups excluding carboxylic acids is 1. The number of rotatable bonds is 4. The van der Waals surface area contributed by atoms with Crippen molar-refractivity contribution in [2.24, 2.45) is 0 Å². The molecule has 0 radical (unpaired) electrons. The van der Waals surface area contributed by atoms with Crippen LogP contribution in [0.4, 0.5) is 5.69 Å². The molecular formula is C11H16N2O2S. The Morgan fingerprint density at radius 1 is 1.50 bits per heavy atom. The molecule has 0 saturated carbocycles. The Kier molecular flexibility index (Phi) is 4.49. The number of nitrogens with zero attached hydrogens (tertiary/aromatic N) is 1. The maximum Gasteiger partial charge on any atom is 0.232 e. The number of benzene rings is 1. The van der Waals surface area contributed by atoms with Crippen LogP contribution in [0.5, 0.6) is 5.75 Å². The third kappa shape index (κ3) is 3.34. The van der Waals surface area contributed by atoms with E-state index in [9.17, 15) is 4.79 Å². The van der Waals surface area contributed by atoms with E-state index in [4.69, 9.17) is 10.5 Å². The molecule has 1 aromatic carbocycles. The predicted octanol–water partition coefficient (Wildman–Crippen LogP) is 1.46. The average molecular weight is 240 g/mol. The van der Waals surface area contributed by atoms with Gasteiger partial charge in [-0.3, -0.25) is 4.79 Å². The topological polar surface area (TPSA) is 55.6 Å². The van der Waals surface area contributed by atoms with Crippen LogP contribution in [0, 0.1) is 0 Å². The lowest BCUT2D eigenvalue weighted by Gasteiger charge is -2.11. The lowest BCUT2D eigenvalue weighted by atomic mass is 10.3. The molecule has 16 heavy (non-hydrogen) atoms. The minimum Gasteiger partial charge on any atom is -0.496 e. The normalized spacial score (nSPS) is 9.94. The van der Waals surface area contributed by atoms with E-state index in [0.29, 0.717) is 17.2 Å². The summed E-state index contributed by atoms with van der Waals surface area (Å²) < 4.78 is 5.19. The highest BCUT2D eigenvalue weighted by Gasteiger charge is 2.08. The van der Waals surface area contributed by atoms with Gasteiger partial charge in [-0.25, -0.2) is 0 Å². The molecule has 0 atom stereocenters. The highest BCUT2D eigenvalue weighted by atomic mass is 32.2. The van der Waals surface area contributed by atoms with E-state index in [1.54, 1.807) is 38.2 Å². The number of methoxy groups -OCH3 is 1. The van der Waals surface area contributed by atoms with Gasteiger partial charge in [-0.1, -0.05) is 0 Å². The number of anilines is 1. The van der Waals surface area contributed by atoms with Gasteiger partial charge in [0.1, 0.15) is 5.75 Å². The largest absolute Gasteiger partial charge is 0.496 e. The second-order valence-corrected chi connectivity index (χ2v) is 4.50. The Bertz CT molecular complexity index is 380. The van der Waals surface area contributed by atoms with Crippen molar-refractivity contribution in [1.29, 1.82) is 0 Å². The molecule has 0 aromatic heterocycles. The molecule has 88 valence electrons. The number of carbonyl (C=O) groups is 1. The van der Waals surface area contributed by atoms with Gasteiger partial charge in [-0.05, 0) is 12.1 Å². The van der Waals surface area contributed by atoms with Crippen LogP contribution in [-0.4, -0.2) is 37.8 Å². The molecule has 2 N–H and O–H groups in total. The summed E-state index contributed by atoms with van der Waals surface area (Å²) in [6, 6.07) is 5.41. The van der Waals surface area contributed by atoms with E-state index in [0.717, 1.165) is 4.90 Å². The maximum atomic E-state index is 11.4. The van der Waals surface area contributed by atoms with E-state index in [-0.39, 0.29) is 5.91 Å². The maximum absolute atomic E-state index is 11.4. The Balaban J connectivity index is 2.70. The van der Waals surface area contributed by atoms with Gasteiger partial charge < -0.3 is 15.4 Å². The molecular weight excluding hydrogens is 224 g/mol. The first kappa shape index (κ1) is 12.7. The molecule has 0 heterocycles. The van der Waals surface area contributed by atoms with Crippen LogP contribution < -0.4 is 10.5 Å². The fraction of sp³-hybridized carbons (Fsp3) is 0.364. The van der Waals surface area contributed by atoms with Crippen LogP contribution in [0.25, 0.3) is 0 Å². The minimum atomic E-state index is 0.0730. The first-order valence-corrected chi connectivity index (χ1v) is 5.79. The third-order valence-electron chi connectivity index (χ3n) is 2.04. The van der Waals surface area contributed by atoms with E-state index < -0.39 is 0 Å². The van der Waals surface area contributed by atoms with E-state index in [2.05, 4.69) is 0 Å². The van der Waals surface area contributed by atoms with Crippen LogP contribution in [0.2, 0.25) is 0 Å². The molecule has 0 spiro atoms. The summed E-state index contributed by atoms with van der Waals surface area (Å²) >= 11 is 1.44. The van der Waals surface area contributed by atoms with Gasteiger partial charge in [-0.15, -0.1) is 11.8 Å². The minimum absolute atomic E-state index is 0.0730. The molecule has 1 aromatic rings. The van der Waals surface area contributed by atoms with Crippen LogP contribution in [-0.2, 0) is 4.79 Å². The molecule has 0 unspecified atom stereocenters. The molecule has 5 heteroatoms. The van der Waals surface area contributed by atoms with Crippen molar-refractivity contribution < 1.29 is 9.53 Å². The summed E-state index contributed by atoms with van der Waals surface area (Å²) in [4.78, 5) is 13.9. The van der Waals surface area contributed by atoms with Gasteiger partial charge in [0.2, 0.25) is 5.91 Å². The van der Waals surface area contributed by atoms with Crippen molar-refractivity contribution in [3.63, 3.8) is 0 Å². The van der Waals surface area contributed by atoms with Gasteiger partial charge in [-0.2, -0.15) is 0 Å². The summed E-state index contributed by atoms with van der Waals surface area (Å²) in [6.45, 7) is 0. The predicted molar refractivity (Wildman–Crippen MR) is 66.8 cm³/mol. The van der Waals surface area contributed by atoms with E-state index in [1.807, 2.05) is 6.07 Å². The highest BCUT2D eigenvalue weighted by Crippen LogP contribution is 2.30. The summed E-state index contributed by atoms with van der Waals surface area (Å²) in [5, 5.41) is 0. The van der Waals surface area contributed by atoms with Gasteiger partial charge in [0, 0.05) is 30.7 Å². The molecule has 1 rings (SSSR count). The number of amides is 1. The van der Waals surface area contributed by atoms with E-state index in [1.165, 1.54) is 11.8 Å². The molecule has 4 nitrogen and oxygen atoms in total. The summed E-state index contributed by atoms with van der Waals surface area (Å²) in [6.07, 6.45) is 0. The number of hydrogen-bond donors (Lipinski definition) is 1. The van der Waals surface area contributed by atoms with Crippen LogP contribution in [0.15, 0.2) is 23.1 Å². The van der Waals surface area contributed by atoms with Crippen molar-refractivity contribution in [2.45, 2.75) is 4.90 Å². The second-order valence-electron chi connectivity index (χ2n) is 3.49.